The average molecular weight is 226 g/mol. The topological polar surface area (TPSA) is 78.4 Å². The first-order valence-corrected chi connectivity index (χ1v) is 5.94. The van der Waals surface area contributed by atoms with Gasteiger partial charge in [-0.05, 0) is 19.3 Å². The Hall–Kier alpha value is -1.10. The van der Waals surface area contributed by atoms with Crippen molar-refractivity contribution in [3.63, 3.8) is 0 Å². The lowest BCUT2D eigenvalue weighted by atomic mass is 9.92. The van der Waals surface area contributed by atoms with Gasteiger partial charge < -0.3 is 15.7 Å². The zero-order chi connectivity index (χ0) is 11.5. The fraction of sp³-hybridized carbons (Fsp3) is 0.818. The van der Waals surface area contributed by atoms with E-state index in [0.717, 1.165) is 25.7 Å². The molecular weight excluding hydrogens is 208 g/mol. The number of hydrogen-bond acceptors (Lipinski definition) is 3. The van der Waals surface area contributed by atoms with Crippen molar-refractivity contribution in [2.75, 3.05) is 0 Å². The maximum atomic E-state index is 11.8. The van der Waals surface area contributed by atoms with Crippen molar-refractivity contribution < 1.29 is 14.7 Å². The Kier molecular flexibility index (Phi) is 3.43. The van der Waals surface area contributed by atoms with E-state index in [0.29, 0.717) is 12.8 Å². The second kappa shape index (κ2) is 4.82. The molecule has 1 saturated heterocycles. The largest absolute Gasteiger partial charge is 0.391 e. The van der Waals surface area contributed by atoms with Gasteiger partial charge in [0.05, 0.1) is 12.1 Å². The van der Waals surface area contributed by atoms with Crippen molar-refractivity contribution in [1.29, 1.82) is 0 Å². The van der Waals surface area contributed by atoms with Gasteiger partial charge in [0, 0.05) is 6.42 Å². The van der Waals surface area contributed by atoms with Crippen molar-refractivity contribution in [3.05, 3.63) is 0 Å². The molecule has 2 amide bonds. The SMILES string of the molecule is O=C1CC[C@@H](C(=O)N[C@H]2CCCC[C@@H]2O)N1. The van der Waals surface area contributed by atoms with Crippen LogP contribution in [-0.4, -0.2) is 35.1 Å². The summed E-state index contributed by atoms with van der Waals surface area (Å²) in [4.78, 5) is 22.7. The molecule has 2 fully saturated rings. The van der Waals surface area contributed by atoms with Gasteiger partial charge in [0.25, 0.3) is 0 Å². The highest BCUT2D eigenvalue weighted by atomic mass is 16.3. The molecule has 5 nitrogen and oxygen atoms in total. The van der Waals surface area contributed by atoms with Gasteiger partial charge in [-0.1, -0.05) is 12.8 Å². The predicted molar refractivity (Wildman–Crippen MR) is 57.6 cm³/mol. The molecule has 90 valence electrons. The summed E-state index contributed by atoms with van der Waals surface area (Å²) < 4.78 is 0. The van der Waals surface area contributed by atoms with Crippen molar-refractivity contribution in [2.24, 2.45) is 0 Å². The minimum atomic E-state index is -0.435. The smallest absolute Gasteiger partial charge is 0.242 e. The fourth-order valence-corrected chi connectivity index (χ4v) is 2.37. The molecule has 3 atom stereocenters. The monoisotopic (exact) mass is 226 g/mol. The van der Waals surface area contributed by atoms with Gasteiger partial charge in [0.15, 0.2) is 0 Å². The molecule has 1 aliphatic heterocycles. The molecule has 0 aromatic rings. The molecule has 1 heterocycles. The Morgan fingerprint density at radius 2 is 2.06 bits per heavy atom. The highest BCUT2D eigenvalue weighted by Gasteiger charge is 2.31. The van der Waals surface area contributed by atoms with Gasteiger partial charge >= 0.3 is 0 Å². The Balaban J connectivity index is 1.84. The maximum Gasteiger partial charge on any atom is 0.242 e. The van der Waals surface area contributed by atoms with Crippen LogP contribution in [0.3, 0.4) is 0 Å². The van der Waals surface area contributed by atoms with Crippen molar-refractivity contribution in [3.8, 4) is 0 Å². The zero-order valence-corrected chi connectivity index (χ0v) is 9.24. The molecule has 0 spiro atoms. The molecule has 2 aliphatic rings. The first-order valence-electron chi connectivity index (χ1n) is 5.94. The lowest BCUT2D eigenvalue weighted by Gasteiger charge is -2.29. The quantitative estimate of drug-likeness (QED) is 0.604. The third kappa shape index (κ3) is 2.52. The average Bonchev–Trinajstić information content (AvgIpc) is 2.68. The van der Waals surface area contributed by atoms with Crippen molar-refractivity contribution in [1.82, 2.24) is 10.6 Å². The lowest BCUT2D eigenvalue weighted by Crippen LogP contribution is -2.50. The standard InChI is InChI=1S/C11H18N2O3/c14-9-4-2-1-3-7(9)13-11(16)8-5-6-10(15)12-8/h7-9,14H,1-6H2,(H,12,15)(H,13,16)/t7-,8-,9-/m0/s1. The van der Waals surface area contributed by atoms with Gasteiger partial charge in [-0.15, -0.1) is 0 Å². The number of aliphatic hydroxyl groups excluding tert-OH is 1. The normalized spacial score (nSPS) is 34.6. The van der Waals surface area contributed by atoms with Crippen LogP contribution < -0.4 is 10.6 Å². The van der Waals surface area contributed by atoms with Crippen LogP contribution in [0.2, 0.25) is 0 Å². The van der Waals surface area contributed by atoms with Gasteiger partial charge in [0.2, 0.25) is 11.8 Å². The van der Waals surface area contributed by atoms with Gasteiger partial charge in [-0.2, -0.15) is 0 Å². The Morgan fingerprint density at radius 3 is 2.69 bits per heavy atom. The number of hydrogen-bond donors (Lipinski definition) is 3. The summed E-state index contributed by atoms with van der Waals surface area (Å²) in [6.07, 6.45) is 4.19. The van der Waals surface area contributed by atoms with Crippen LogP contribution in [0.1, 0.15) is 38.5 Å². The summed E-state index contributed by atoms with van der Waals surface area (Å²) in [5.41, 5.74) is 0. The van der Waals surface area contributed by atoms with E-state index in [-0.39, 0.29) is 17.9 Å². The van der Waals surface area contributed by atoms with Gasteiger partial charge in [0.1, 0.15) is 6.04 Å². The lowest BCUT2D eigenvalue weighted by molar-refractivity contribution is -0.127. The van der Waals surface area contributed by atoms with Crippen LogP contribution in [0.15, 0.2) is 0 Å². The Bertz CT molecular complexity index is 293. The molecule has 0 radical (unpaired) electrons. The van der Waals surface area contributed by atoms with E-state index in [1.54, 1.807) is 0 Å². The summed E-state index contributed by atoms with van der Waals surface area (Å²) in [5.74, 6) is -0.221. The van der Waals surface area contributed by atoms with E-state index >= 15 is 0 Å². The summed E-state index contributed by atoms with van der Waals surface area (Å²) >= 11 is 0. The number of nitrogens with one attached hydrogen (secondary N) is 2. The molecule has 5 heteroatoms. The number of rotatable bonds is 2. The van der Waals surface area contributed by atoms with Gasteiger partial charge in [-0.25, -0.2) is 0 Å². The summed E-state index contributed by atoms with van der Waals surface area (Å²) in [6, 6.07) is -0.541. The molecule has 1 aliphatic carbocycles. The van der Waals surface area contributed by atoms with E-state index in [1.807, 2.05) is 0 Å². The number of amides is 2. The highest BCUT2D eigenvalue weighted by Crippen LogP contribution is 2.18. The van der Waals surface area contributed by atoms with E-state index in [9.17, 15) is 14.7 Å². The molecule has 16 heavy (non-hydrogen) atoms. The van der Waals surface area contributed by atoms with Crippen LogP contribution in [0.4, 0.5) is 0 Å². The highest BCUT2D eigenvalue weighted by molar-refractivity contribution is 5.90. The molecular formula is C11H18N2O3. The fourth-order valence-electron chi connectivity index (χ4n) is 2.37. The molecule has 0 aromatic heterocycles. The number of aliphatic hydroxyl groups is 1. The van der Waals surface area contributed by atoms with Crippen LogP contribution in [0, 0.1) is 0 Å². The third-order valence-corrected chi connectivity index (χ3v) is 3.37. The Labute approximate surface area is 94.6 Å². The molecule has 0 unspecified atom stereocenters. The number of carbonyl (C=O) groups is 2. The van der Waals surface area contributed by atoms with Crippen LogP contribution >= 0.6 is 0 Å². The maximum absolute atomic E-state index is 11.8. The second-order valence-electron chi connectivity index (χ2n) is 4.63. The van der Waals surface area contributed by atoms with Gasteiger partial charge in [-0.3, -0.25) is 9.59 Å². The molecule has 0 aromatic carbocycles. The summed E-state index contributed by atoms with van der Waals surface area (Å²) in [7, 11) is 0. The van der Waals surface area contributed by atoms with E-state index < -0.39 is 12.1 Å². The predicted octanol–water partition coefficient (Wildman–Crippen LogP) is -0.315. The van der Waals surface area contributed by atoms with Crippen LogP contribution in [0.25, 0.3) is 0 Å². The van der Waals surface area contributed by atoms with Crippen molar-refractivity contribution >= 4 is 11.8 Å². The Morgan fingerprint density at radius 1 is 1.31 bits per heavy atom. The molecule has 3 N–H and O–H groups in total. The second-order valence-corrected chi connectivity index (χ2v) is 4.63. The summed E-state index contributed by atoms with van der Waals surface area (Å²) in [5, 5.41) is 15.2. The zero-order valence-electron chi connectivity index (χ0n) is 9.24. The van der Waals surface area contributed by atoms with E-state index in [2.05, 4.69) is 10.6 Å². The minimum absolute atomic E-state index is 0.0654. The molecule has 0 bridgehead atoms. The van der Waals surface area contributed by atoms with Crippen molar-refractivity contribution in [2.45, 2.75) is 56.7 Å². The van der Waals surface area contributed by atoms with Crippen LogP contribution in [-0.2, 0) is 9.59 Å². The number of carbonyl (C=O) groups excluding carboxylic acids is 2. The summed E-state index contributed by atoms with van der Waals surface area (Å²) in [6.45, 7) is 0. The van der Waals surface area contributed by atoms with E-state index in [4.69, 9.17) is 0 Å². The van der Waals surface area contributed by atoms with E-state index in [1.165, 1.54) is 0 Å². The first kappa shape index (κ1) is 11.4. The van der Waals surface area contributed by atoms with Crippen LogP contribution in [0.5, 0.6) is 0 Å². The molecule has 2 rings (SSSR count). The molecule has 1 saturated carbocycles. The first-order chi connectivity index (χ1) is 7.66. The minimum Gasteiger partial charge on any atom is -0.391 e. The third-order valence-electron chi connectivity index (χ3n) is 3.37.